The second-order valence-corrected chi connectivity index (χ2v) is 3.83. The lowest BCUT2D eigenvalue weighted by atomic mass is 10.2. The van der Waals surface area contributed by atoms with E-state index in [9.17, 15) is 0 Å². The van der Waals surface area contributed by atoms with Gasteiger partial charge in [-0.2, -0.15) is 5.26 Å². The van der Waals surface area contributed by atoms with Crippen molar-refractivity contribution in [2.24, 2.45) is 0 Å². The summed E-state index contributed by atoms with van der Waals surface area (Å²) in [4.78, 5) is 6.28. The topological polar surface area (TPSA) is 39.9 Å². The monoisotopic (exact) mass is 203 g/mol. The molecule has 80 valence electrons. The molecule has 0 saturated carbocycles. The average molecular weight is 203 g/mol. The van der Waals surface area contributed by atoms with Crippen molar-refractivity contribution in [3.63, 3.8) is 0 Å². The Balaban J connectivity index is 2.56. The smallest absolute Gasteiger partial charge is 0.0635 e. The summed E-state index contributed by atoms with van der Waals surface area (Å²) in [5.74, 6) is 0. The molecule has 3 heteroatoms. The normalized spacial score (nSPS) is 10.6. The Morgan fingerprint density at radius 2 is 2.07 bits per heavy atom. The van der Waals surface area contributed by atoms with Crippen molar-refractivity contribution in [1.29, 1.82) is 5.26 Å². The van der Waals surface area contributed by atoms with Crippen LogP contribution in [-0.4, -0.2) is 22.5 Å². The Labute approximate surface area is 91.4 Å². The number of aromatic nitrogens is 1. The molecule has 0 saturated heterocycles. The third kappa shape index (κ3) is 4.09. The minimum atomic E-state index is 0.464. The van der Waals surface area contributed by atoms with E-state index < -0.39 is 0 Å². The quantitative estimate of drug-likeness (QED) is 0.736. The van der Waals surface area contributed by atoms with Gasteiger partial charge >= 0.3 is 0 Å². The van der Waals surface area contributed by atoms with Crippen LogP contribution in [0.1, 0.15) is 25.8 Å². The summed E-state index contributed by atoms with van der Waals surface area (Å²) in [6.07, 6.45) is 4.19. The van der Waals surface area contributed by atoms with Gasteiger partial charge in [-0.25, -0.2) is 0 Å². The van der Waals surface area contributed by atoms with Crippen LogP contribution in [0.15, 0.2) is 24.5 Å². The Hall–Kier alpha value is -1.40. The van der Waals surface area contributed by atoms with E-state index in [2.05, 4.69) is 29.8 Å². The van der Waals surface area contributed by atoms with Gasteiger partial charge in [0.05, 0.1) is 6.07 Å². The van der Waals surface area contributed by atoms with Crippen LogP contribution in [-0.2, 0) is 6.54 Å². The van der Waals surface area contributed by atoms with Gasteiger partial charge in [0, 0.05) is 37.9 Å². The van der Waals surface area contributed by atoms with Crippen LogP contribution in [0.3, 0.4) is 0 Å². The van der Waals surface area contributed by atoms with Crippen LogP contribution in [0.25, 0.3) is 0 Å². The molecule has 0 N–H and O–H groups in total. The molecule has 0 spiro atoms. The van der Waals surface area contributed by atoms with Crippen LogP contribution in [0.5, 0.6) is 0 Å². The van der Waals surface area contributed by atoms with Crippen LogP contribution in [0.4, 0.5) is 0 Å². The molecule has 0 unspecified atom stereocenters. The van der Waals surface area contributed by atoms with E-state index in [1.165, 1.54) is 5.56 Å². The number of nitriles is 1. The Bertz CT molecular complexity index is 313. The highest BCUT2D eigenvalue weighted by Gasteiger charge is 2.09. The third-order valence-corrected chi connectivity index (χ3v) is 2.38. The van der Waals surface area contributed by atoms with Crippen molar-refractivity contribution in [2.75, 3.05) is 6.54 Å². The Morgan fingerprint density at radius 3 is 2.60 bits per heavy atom. The van der Waals surface area contributed by atoms with E-state index in [4.69, 9.17) is 5.26 Å². The molecule has 1 aromatic heterocycles. The Kier molecular flexibility index (Phi) is 4.79. The van der Waals surface area contributed by atoms with E-state index in [0.29, 0.717) is 12.5 Å². The summed E-state index contributed by atoms with van der Waals surface area (Å²) in [6, 6.07) is 6.68. The second kappa shape index (κ2) is 6.15. The molecule has 0 radical (unpaired) electrons. The van der Waals surface area contributed by atoms with Gasteiger partial charge < -0.3 is 0 Å². The van der Waals surface area contributed by atoms with Crippen molar-refractivity contribution < 1.29 is 0 Å². The molecule has 0 aliphatic heterocycles. The largest absolute Gasteiger partial charge is 0.296 e. The molecule has 0 aliphatic carbocycles. The van der Waals surface area contributed by atoms with E-state index in [1.54, 1.807) is 12.4 Å². The number of hydrogen-bond acceptors (Lipinski definition) is 3. The molecule has 0 aromatic carbocycles. The second-order valence-electron chi connectivity index (χ2n) is 3.83. The first-order valence-corrected chi connectivity index (χ1v) is 5.24. The molecule has 0 amide bonds. The first-order chi connectivity index (χ1) is 7.24. The molecule has 15 heavy (non-hydrogen) atoms. The van der Waals surface area contributed by atoms with Crippen molar-refractivity contribution in [3.8, 4) is 6.07 Å². The van der Waals surface area contributed by atoms with Crippen LogP contribution in [0, 0.1) is 11.3 Å². The fraction of sp³-hybridized carbons (Fsp3) is 0.500. The summed E-state index contributed by atoms with van der Waals surface area (Å²) in [7, 11) is 0. The van der Waals surface area contributed by atoms with Crippen LogP contribution in [0.2, 0.25) is 0 Å². The summed E-state index contributed by atoms with van der Waals surface area (Å²) in [6.45, 7) is 6.02. The van der Waals surface area contributed by atoms with E-state index in [-0.39, 0.29) is 0 Å². The number of pyridine rings is 1. The van der Waals surface area contributed by atoms with E-state index in [0.717, 1.165) is 13.1 Å². The predicted octanol–water partition coefficient (Wildman–Crippen LogP) is 2.21. The predicted molar refractivity (Wildman–Crippen MR) is 60.0 cm³/mol. The maximum Gasteiger partial charge on any atom is 0.0635 e. The van der Waals surface area contributed by atoms with Gasteiger partial charge in [-0.15, -0.1) is 0 Å². The van der Waals surface area contributed by atoms with Gasteiger partial charge in [0.15, 0.2) is 0 Å². The molecule has 3 nitrogen and oxygen atoms in total. The summed E-state index contributed by atoms with van der Waals surface area (Å²) < 4.78 is 0. The molecule has 0 aliphatic rings. The standard InChI is InChI=1S/C12H17N3/c1-11(2)15(9-3-6-13)10-12-4-7-14-8-5-12/h4-5,7-8,11H,3,9-10H2,1-2H3. The first kappa shape index (κ1) is 11.7. The van der Waals surface area contributed by atoms with Gasteiger partial charge in [0.2, 0.25) is 0 Å². The van der Waals surface area contributed by atoms with Crippen molar-refractivity contribution in [3.05, 3.63) is 30.1 Å². The maximum atomic E-state index is 8.58. The lowest BCUT2D eigenvalue weighted by Gasteiger charge is -2.25. The molecule has 0 fully saturated rings. The summed E-state index contributed by atoms with van der Waals surface area (Å²) >= 11 is 0. The summed E-state index contributed by atoms with van der Waals surface area (Å²) in [5.41, 5.74) is 1.25. The fourth-order valence-corrected chi connectivity index (χ4v) is 1.44. The zero-order valence-corrected chi connectivity index (χ0v) is 9.35. The van der Waals surface area contributed by atoms with Gasteiger partial charge in [-0.3, -0.25) is 9.88 Å². The van der Waals surface area contributed by atoms with Gasteiger partial charge in [0.25, 0.3) is 0 Å². The molecule has 0 bridgehead atoms. The highest BCUT2D eigenvalue weighted by molar-refractivity contribution is 5.09. The van der Waals surface area contributed by atoms with Gasteiger partial charge in [-0.05, 0) is 31.5 Å². The number of rotatable bonds is 5. The number of hydrogen-bond donors (Lipinski definition) is 0. The number of nitrogens with zero attached hydrogens (tertiary/aromatic N) is 3. The SMILES string of the molecule is CC(C)N(CCC#N)Cc1ccncc1. The fourth-order valence-electron chi connectivity index (χ4n) is 1.44. The summed E-state index contributed by atoms with van der Waals surface area (Å²) in [5, 5.41) is 8.58. The van der Waals surface area contributed by atoms with Crippen molar-refractivity contribution >= 4 is 0 Å². The molecular formula is C12H17N3. The van der Waals surface area contributed by atoms with E-state index in [1.807, 2.05) is 12.1 Å². The lowest BCUT2D eigenvalue weighted by Crippen LogP contribution is -2.31. The van der Waals surface area contributed by atoms with Crippen molar-refractivity contribution in [2.45, 2.75) is 32.9 Å². The van der Waals surface area contributed by atoms with Gasteiger partial charge in [0.1, 0.15) is 0 Å². The van der Waals surface area contributed by atoms with E-state index >= 15 is 0 Å². The van der Waals surface area contributed by atoms with Crippen LogP contribution >= 0.6 is 0 Å². The first-order valence-electron chi connectivity index (χ1n) is 5.24. The zero-order valence-electron chi connectivity index (χ0n) is 9.35. The molecule has 1 rings (SSSR count). The maximum absolute atomic E-state index is 8.58. The highest BCUT2D eigenvalue weighted by Crippen LogP contribution is 2.07. The molecule has 1 heterocycles. The van der Waals surface area contributed by atoms with Crippen molar-refractivity contribution in [1.82, 2.24) is 9.88 Å². The minimum absolute atomic E-state index is 0.464. The molecule has 1 aromatic rings. The third-order valence-electron chi connectivity index (χ3n) is 2.38. The Morgan fingerprint density at radius 1 is 1.40 bits per heavy atom. The van der Waals surface area contributed by atoms with Gasteiger partial charge in [-0.1, -0.05) is 0 Å². The van der Waals surface area contributed by atoms with Crippen LogP contribution < -0.4 is 0 Å². The highest BCUT2D eigenvalue weighted by atomic mass is 15.1. The zero-order chi connectivity index (χ0) is 11.1. The average Bonchev–Trinajstić information content (AvgIpc) is 2.25. The minimum Gasteiger partial charge on any atom is -0.296 e. The molecular weight excluding hydrogens is 186 g/mol. The lowest BCUT2D eigenvalue weighted by molar-refractivity contribution is 0.218. The molecule has 0 atom stereocenters.